The van der Waals surface area contributed by atoms with Crippen LogP contribution in [0.1, 0.15) is 26.3 Å². The molecule has 29 heavy (non-hydrogen) atoms. The van der Waals surface area contributed by atoms with Crippen molar-refractivity contribution in [1.82, 2.24) is 5.32 Å². The van der Waals surface area contributed by atoms with Gasteiger partial charge >= 0.3 is 0 Å². The highest BCUT2D eigenvalue weighted by Crippen LogP contribution is 2.18. The number of amides is 2. The fraction of sp³-hybridized carbons (Fsp3) is 0.167. The number of benzene rings is 3. The second-order valence-electron chi connectivity index (χ2n) is 6.59. The molecule has 0 spiro atoms. The standard InChI is InChI=1S/C24H24N2O3/c1-26(21-9-4-3-5-10-21)24(28)20-14-12-19(13-15-20)23(27)25-17-16-18-8-6-7-11-22(18)29-2/h3-15H,16-17H2,1-2H3,(H,25,27). The Labute approximate surface area is 170 Å². The summed E-state index contributed by atoms with van der Waals surface area (Å²) in [6, 6.07) is 23.9. The zero-order valence-corrected chi connectivity index (χ0v) is 16.6. The first kappa shape index (κ1) is 20.1. The van der Waals surface area contributed by atoms with Gasteiger partial charge in [-0.25, -0.2) is 0 Å². The van der Waals surface area contributed by atoms with Crippen LogP contribution in [0.2, 0.25) is 0 Å². The van der Waals surface area contributed by atoms with Crippen LogP contribution >= 0.6 is 0 Å². The number of nitrogens with one attached hydrogen (secondary N) is 1. The Bertz CT molecular complexity index is 969. The van der Waals surface area contributed by atoms with E-state index < -0.39 is 0 Å². The molecular formula is C24H24N2O3. The van der Waals surface area contributed by atoms with Crippen LogP contribution < -0.4 is 15.0 Å². The van der Waals surface area contributed by atoms with Gasteiger partial charge in [0.2, 0.25) is 0 Å². The first-order chi connectivity index (χ1) is 14.1. The topological polar surface area (TPSA) is 58.6 Å². The summed E-state index contributed by atoms with van der Waals surface area (Å²) in [7, 11) is 3.37. The fourth-order valence-corrected chi connectivity index (χ4v) is 3.05. The number of anilines is 1. The second-order valence-corrected chi connectivity index (χ2v) is 6.59. The van der Waals surface area contributed by atoms with Gasteiger partial charge in [-0.3, -0.25) is 9.59 Å². The molecule has 0 saturated heterocycles. The van der Waals surface area contributed by atoms with E-state index in [9.17, 15) is 9.59 Å². The minimum absolute atomic E-state index is 0.126. The molecule has 0 aliphatic rings. The van der Waals surface area contributed by atoms with Crippen molar-refractivity contribution in [1.29, 1.82) is 0 Å². The Morgan fingerprint density at radius 1 is 0.862 bits per heavy atom. The van der Waals surface area contributed by atoms with Crippen molar-refractivity contribution < 1.29 is 14.3 Å². The molecule has 1 N–H and O–H groups in total. The van der Waals surface area contributed by atoms with Gasteiger partial charge in [0.1, 0.15) is 5.75 Å². The van der Waals surface area contributed by atoms with E-state index in [2.05, 4.69) is 5.32 Å². The number of hydrogen-bond donors (Lipinski definition) is 1. The Kier molecular flexibility index (Phi) is 6.63. The molecule has 148 valence electrons. The Hall–Kier alpha value is -3.60. The summed E-state index contributed by atoms with van der Waals surface area (Å²) in [4.78, 5) is 26.6. The van der Waals surface area contributed by atoms with Crippen molar-refractivity contribution in [3.8, 4) is 5.75 Å². The van der Waals surface area contributed by atoms with Gasteiger partial charge in [-0.05, 0) is 54.4 Å². The molecule has 0 fully saturated rings. The van der Waals surface area contributed by atoms with Crippen molar-refractivity contribution in [2.45, 2.75) is 6.42 Å². The van der Waals surface area contributed by atoms with E-state index in [-0.39, 0.29) is 11.8 Å². The molecule has 0 aliphatic heterocycles. The zero-order chi connectivity index (χ0) is 20.6. The highest BCUT2D eigenvalue weighted by molar-refractivity contribution is 6.06. The Morgan fingerprint density at radius 2 is 1.48 bits per heavy atom. The third-order valence-corrected chi connectivity index (χ3v) is 4.71. The van der Waals surface area contributed by atoms with Gasteiger partial charge in [-0.2, -0.15) is 0 Å². The monoisotopic (exact) mass is 388 g/mol. The molecule has 0 unspecified atom stereocenters. The predicted octanol–water partition coefficient (Wildman–Crippen LogP) is 3.94. The van der Waals surface area contributed by atoms with E-state index in [4.69, 9.17) is 4.74 Å². The Morgan fingerprint density at radius 3 is 2.17 bits per heavy atom. The van der Waals surface area contributed by atoms with Gasteiger partial charge in [0.05, 0.1) is 7.11 Å². The maximum absolute atomic E-state index is 12.6. The highest BCUT2D eigenvalue weighted by atomic mass is 16.5. The number of carbonyl (C=O) groups is 2. The van der Waals surface area contributed by atoms with E-state index >= 15 is 0 Å². The number of methoxy groups -OCH3 is 1. The molecule has 0 aliphatic carbocycles. The molecule has 0 bridgehead atoms. The molecule has 2 amide bonds. The number of hydrogen-bond acceptors (Lipinski definition) is 3. The molecule has 3 rings (SSSR count). The molecule has 3 aromatic rings. The molecular weight excluding hydrogens is 364 g/mol. The summed E-state index contributed by atoms with van der Waals surface area (Å²) < 4.78 is 5.33. The van der Waals surface area contributed by atoms with Crippen LogP contribution in [0.4, 0.5) is 5.69 Å². The van der Waals surface area contributed by atoms with Crippen molar-refractivity contribution in [3.63, 3.8) is 0 Å². The summed E-state index contributed by atoms with van der Waals surface area (Å²) >= 11 is 0. The van der Waals surface area contributed by atoms with Crippen LogP contribution in [0.3, 0.4) is 0 Å². The van der Waals surface area contributed by atoms with Gasteiger partial charge in [0.25, 0.3) is 11.8 Å². The lowest BCUT2D eigenvalue weighted by Gasteiger charge is -2.17. The number of rotatable bonds is 7. The van der Waals surface area contributed by atoms with Gasteiger partial charge in [-0.1, -0.05) is 36.4 Å². The van der Waals surface area contributed by atoms with E-state index in [0.29, 0.717) is 24.1 Å². The van der Waals surface area contributed by atoms with Crippen molar-refractivity contribution in [3.05, 3.63) is 95.6 Å². The van der Waals surface area contributed by atoms with E-state index in [1.807, 2.05) is 54.6 Å². The van der Waals surface area contributed by atoms with Crippen molar-refractivity contribution >= 4 is 17.5 Å². The molecule has 5 heteroatoms. The molecule has 5 nitrogen and oxygen atoms in total. The molecule has 0 atom stereocenters. The van der Waals surface area contributed by atoms with Crippen molar-refractivity contribution in [2.24, 2.45) is 0 Å². The minimum Gasteiger partial charge on any atom is -0.496 e. The van der Waals surface area contributed by atoms with Crippen LogP contribution in [0.5, 0.6) is 5.75 Å². The smallest absolute Gasteiger partial charge is 0.258 e. The van der Waals surface area contributed by atoms with Crippen molar-refractivity contribution in [2.75, 3.05) is 25.6 Å². The van der Waals surface area contributed by atoms with Crippen LogP contribution in [0.15, 0.2) is 78.9 Å². The quantitative estimate of drug-likeness (QED) is 0.667. The van der Waals surface area contributed by atoms with Gasteiger partial charge < -0.3 is 15.0 Å². The first-order valence-corrected chi connectivity index (χ1v) is 9.43. The molecule has 3 aromatic carbocycles. The zero-order valence-electron chi connectivity index (χ0n) is 16.6. The summed E-state index contributed by atoms with van der Waals surface area (Å²) in [6.45, 7) is 0.497. The predicted molar refractivity (Wildman–Crippen MR) is 115 cm³/mol. The average molecular weight is 388 g/mol. The maximum Gasteiger partial charge on any atom is 0.258 e. The fourth-order valence-electron chi connectivity index (χ4n) is 3.05. The number of nitrogens with zero attached hydrogens (tertiary/aromatic N) is 1. The van der Waals surface area contributed by atoms with Gasteiger partial charge in [0.15, 0.2) is 0 Å². The molecule has 0 radical (unpaired) electrons. The van der Waals surface area contributed by atoms with Crippen LogP contribution in [-0.2, 0) is 6.42 Å². The third-order valence-electron chi connectivity index (χ3n) is 4.71. The average Bonchev–Trinajstić information content (AvgIpc) is 2.79. The molecule has 0 heterocycles. The summed E-state index contributed by atoms with van der Waals surface area (Å²) in [5.74, 6) is 0.516. The van der Waals surface area contributed by atoms with Crippen LogP contribution in [-0.4, -0.2) is 32.5 Å². The number of carbonyl (C=O) groups excluding carboxylic acids is 2. The third kappa shape index (κ3) is 5.02. The molecule has 0 saturated carbocycles. The van der Waals surface area contributed by atoms with Gasteiger partial charge in [0, 0.05) is 30.4 Å². The lowest BCUT2D eigenvalue weighted by Crippen LogP contribution is -2.27. The number of para-hydroxylation sites is 2. The lowest BCUT2D eigenvalue weighted by atomic mass is 10.1. The normalized spacial score (nSPS) is 10.3. The van der Waals surface area contributed by atoms with Crippen LogP contribution in [0, 0.1) is 0 Å². The minimum atomic E-state index is -0.171. The largest absolute Gasteiger partial charge is 0.496 e. The van der Waals surface area contributed by atoms with E-state index in [1.165, 1.54) is 0 Å². The Balaban J connectivity index is 1.58. The summed E-state index contributed by atoms with van der Waals surface area (Å²) in [5.41, 5.74) is 2.90. The molecule has 0 aromatic heterocycles. The lowest BCUT2D eigenvalue weighted by molar-refractivity contribution is 0.0951. The first-order valence-electron chi connectivity index (χ1n) is 9.43. The second kappa shape index (κ2) is 9.55. The highest BCUT2D eigenvalue weighted by Gasteiger charge is 2.14. The summed E-state index contributed by atoms with van der Waals surface area (Å²) in [6.07, 6.45) is 0.675. The maximum atomic E-state index is 12.6. The summed E-state index contributed by atoms with van der Waals surface area (Å²) in [5, 5.41) is 2.91. The van der Waals surface area contributed by atoms with Gasteiger partial charge in [-0.15, -0.1) is 0 Å². The number of ether oxygens (including phenoxy) is 1. The van der Waals surface area contributed by atoms with E-state index in [0.717, 1.165) is 17.0 Å². The van der Waals surface area contributed by atoms with Crippen LogP contribution in [0.25, 0.3) is 0 Å². The van der Waals surface area contributed by atoms with E-state index in [1.54, 1.807) is 43.3 Å². The SMILES string of the molecule is COc1ccccc1CCNC(=O)c1ccc(C(=O)N(C)c2ccccc2)cc1.